The van der Waals surface area contributed by atoms with Gasteiger partial charge in [0.2, 0.25) is 10.0 Å². The number of para-hydroxylation sites is 1. The lowest BCUT2D eigenvalue weighted by Crippen LogP contribution is -2.32. The molecule has 0 radical (unpaired) electrons. The summed E-state index contributed by atoms with van der Waals surface area (Å²) in [7, 11) is -1.49. The Bertz CT molecular complexity index is 1530. The standard InChI is InChI=1S/C28H32N4O3S3.ClH/c1-4-15-32(16-5-2)38(34,35)20-12-10-19(11-13-20)26(33)30-28-25(21-14-17-31(3)18-24(21)37-28)27-29-22-8-6-7-9-23(22)36-27;/h6-13H,4-5,14-18H2,1-3H3,(H,30,33);1H. The molecule has 0 saturated heterocycles. The number of benzene rings is 2. The van der Waals surface area contributed by atoms with E-state index in [4.69, 9.17) is 4.98 Å². The van der Waals surface area contributed by atoms with E-state index >= 15 is 0 Å². The summed E-state index contributed by atoms with van der Waals surface area (Å²) in [5.74, 6) is -0.262. The molecule has 0 unspecified atom stereocenters. The highest BCUT2D eigenvalue weighted by Crippen LogP contribution is 2.45. The third-order valence-electron chi connectivity index (χ3n) is 6.68. The lowest BCUT2D eigenvalue weighted by molar-refractivity contribution is 0.102. The van der Waals surface area contributed by atoms with Crippen LogP contribution < -0.4 is 5.32 Å². The number of thiazole rings is 1. The number of aromatic nitrogens is 1. The van der Waals surface area contributed by atoms with Crippen molar-refractivity contribution in [3.05, 3.63) is 64.5 Å². The molecule has 0 bridgehead atoms. The maximum absolute atomic E-state index is 13.4. The maximum atomic E-state index is 13.4. The zero-order valence-electron chi connectivity index (χ0n) is 22.3. The molecule has 2 aromatic carbocycles. The van der Waals surface area contributed by atoms with Crippen molar-refractivity contribution in [1.82, 2.24) is 14.2 Å². The van der Waals surface area contributed by atoms with Gasteiger partial charge in [-0.3, -0.25) is 4.79 Å². The second-order valence-electron chi connectivity index (χ2n) is 9.57. The van der Waals surface area contributed by atoms with E-state index in [1.807, 2.05) is 32.0 Å². The molecule has 1 aliphatic heterocycles. The molecule has 0 spiro atoms. The van der Waals surface area contributed by atoms with Gasteiger partial charge in [0, 0.05) is 42.2 Å². The monoisotopic (exact) mass is 604 g/mol. The van der Waals surface area contributed by atoms with Crippen molar-refractivity contribution in [3.8, 4) is 10.6 Å². The molecule has 1 N–H and O–H groups in total. The number of thiophene rings is 1. The largest absolute Gasteiger partial charge is 0.313 e. The molecule has 0 aliphatic carbocycles. The van der Waals surface area contributed by atoms with E-state index in [1.165, 1.54) is 26.9 Å². The first-order valence-corrected chi connectivity index (χ1v) is 16.0. The summed E-state index contributed by atoms with van der Waals surface area (Å²) < 4.78 is 28.9. The fourth-order valence-electron chi connectivity index (χ4n) is 4.78. The van der Waals surface area contributed by atoms with Gasteiger partial charge in [0.05, 0.1) is 15.1 Å². The van der Waals surface area contributed by atoms with Crippen LogP contribution in [0.15, 0.2) is 53.4 Å². The first kappa shape index (κ1) is 29.6. The number of rotatable bonds is 9. The number of sulfonamides is 1. The predicted molar refractivity (Wildman–Crippen MR) is 164 cm³/mol. The van der Waals surface area contributed by atoms with Crippen molar-refractivity contribution in [2.24, 2.45) is 0 Å². The SMILES string of the molecule is CCCN(CCC)S(=O)(=O)c1ccc(C(=O)Nc2sc3c(c2-c2nc4ccccc4s2)CCN(C)C3)cc1.Cl. The summed E-state index contributed by atoms with van der Waals surface area (Å²) in [5, 5.41) is 4.84. The summed E-state index contributed by atoms with van der Waals surface area (Å²) >= 11 is 3.25. The van der Waals surface area contributed by atoms with Crippen LogP contribution in [0, 0.1) is 0 Å². The second-order valence-corrected chi connectivity index (χ2v) is 13.6. The van der Waals surface area contributed by atoms with Gasteiger partial charge in [0.1, 0.15) is 10.0 Å². The lowest BCUT2D eigenvalue weighted by Gasteiger charge is -2.22. The van der Waals surface area contributed by atoms with Crippen LogP contribution in [0.4, 0.5) is 5.00 Å². The first-order chi connectivity index (χ1) is 18.3. The molecule has 3 heterocycles. The Kier molecular flexibility index (Phi) is 9.46. The van der Waals surface area contributed by atoms with Crippen LogP contribution in [-0.4, -0.2) is 55.2 Å². The molecule has 208 valence electrons. The maximum Gasteiger partial charge on any atom is 0.256 e. The number of halogens is 1. The van der Waals surface area contributed by atoms with Crippen molar-refractivity contribution < 1.29 is 13.2 Å². The van der Waals surface area contributed by atoms with Crippen molar-refractivity contribution in [2.45, 2.75) is 44.6 Å². The van der Waals surface area contributed by atoms with Gasteiger partial charge < -0.3 is 10.2 Å². The molecule has 0 atom stereocenters. The number of carbonyl (C=O) groups is 1. The van der Waals surface area contributed by atoms with Gasteiger partial charge in [0.15, 0.2) is 0 Å². The van der Waals surface area contributed by atoms with Crippen LogP contribution in [0.1, 0.15) is 47.5 Å². The smallest absolute Gasteiger partial charge is 0.256 e. The Morgan fingerprint density at radius 2 is 1.74 bits per heavy atom. The average Bonchev–Trinajstić information content (AvgIpc) is 3.48. The third-order valence-corrected chi connectivity index (χ3v) is 10.8. The van der Waals surface area contributed by atoms with Gasteiger partial charge in [0.25, 0.3) is 5.91 Å². The fourth-order valence-corrected chi connectivity index (χ4v) is 8.84. The summed E-state index contributed by atoms with van der Waals surface area (Å²) in [6.45, 7) is 6.68. The Hall–Kier alpha value is -2.34. The van der Waals surface area contributed by atoms with Gasteiger partial charge >= 0.3 is 0 Å². The minimum absolute atomic E-state index is 0. The lowest BCUT2D eigenvalue weighted by atomic mass is 10.0. The normalized spacial score (nSPS) is 13.8. The molecule has 0 fully saturated rings. The number of nitrogens with one attached hydrogen (secondary N) is 1. The van der Waals surface area contributed by atoms with Gasteiger partial charge in [-0.05, 0) is 68.3 Å². The predicted octanol–water partition coefficient (Wildman–Crippen LogP) is 6.50. The Morgan fingerprint density at radius 1 is 1.05 bits per heavy atom. The summed E-state index contributed by atoms with van der Waals surface area (Å²) in [4.78, 5) is 22.0. The number of fused-ring (bicyclic) bond motifs is 2. The second kappa shape index (κ2) is 12.4. The van der Waals surface area contributed by atoms with Crippen LogP contribution in [0.5, 0.6) is 0 Å². The van der Waals surface area contributed by atoms with E-state index in [-0.39, 0.29) is 23.2 Å². The van der Waals surface area contributed by atoms with E-state index in [2.05, 4.69) is 23.3 Å². The van der Waals surface area contributed by atoms with Crippen LogP contribution in [-0.2, 0) is 23.0 Å². The number of nitrogens with zero attached hydrogens (tertiary/aromatic N) is 3. The molecule has 0 saturated carbocycles. The Labute approximate surface area is 244 Å². The number of amides is 1. The quantitative estimate of drug-likeness (QED) is 0.236. The van der Waals surface area contributed by atoms with Crippen molar-refractivity contribution >= 4 is 66.2 Å². The molecule has 1 amide bonds. The van der Waals surface area contributed by atoms with E-state index in [9.17, 15) is 13.2 Å². The van der Waals surface area contributed by atoms with Crippen molar-refractivity contribution in [1.29, 1.82) is 0 Å². The molecule has 39 heavy (non-hydrogen) atoms. The molecule has 7 nitrogen and oxygen atoms in total. The van der Waals surface area contributed by atoms with Gasteiger partial charge in [-0.1, -0.05) is 26.0 Å². The minimum Gasteiger partial charge on any atom is -0.313 e. The summed E-state index contributed by atoms with van der Waals surface area (Å²) in [6, 6.07) is 14.3. The van der Waals surface area contributed by atoms with Crippen LogP contribution in [0.3, 0.4) is 0 Å². The number of anilines is 1. The van der Waals surface area contributed by atoms with Crippen molar-refractivity contribution in [2.75, 3.05) is 32.0 Å². The van der Waals surface area contributed by atoms with Gasteiger partial charge in [-0.25, -0.2) is 13.4 Å². The molecule has 2 aromatic heterocycles. The molecule has 4 aromatic rings. The highest BCUT2D eigenvalue weighted by molar-refractivity contribution is 7.89. The topological polar surface area (TPSA) is 82.6 Å². The minimum atomic E-state index is -3.60. The van der Waals surface area contributed by atoms with Gasteiger partial charge in [-0.2, -0.15) is 4.31 Å². The van der Waals surface area contributed by atoms with Gasteiger partial charge in [-0.15, -0.1) is 35.1 Å². The van der Waals surface area contributed by atoms with Crippen LogP contribution in [0.2, 0.25) is 0 Å². The fraction of sp³-hybridized carbons (Fsp3) is 0.357. The Morgan fingerprint density at radius 3 is 2.41 bits per heavy atom. The highest BCUT2D eigenvalue weighted by atomic mass is 35.5. The van der Waals surface area contributed by atoms with Crippen molar-refractivity contribution in [3.63, 3.8) is 0 Å². The van der Waals surface area contributed by atoms with E-state index in [1.54, 1.807) is 34.8 Å². The average molecular weight is 605 g/mol. The molecule has 5 rings (SSSR count). The number of hydrogen-bond donors (Lipinski definition) is 1. The molecule has 1 aliphatic rings. The zero-order chi connectivity index (χ0) is 26.9. The molecular weight excluding hydrogens is 572 g/mol. The molecular formula is C28H33ClN4O3S3. The van der Waals surface area contributed by atoms with Crippen LogP contribution >= 0.6 is 35.1 Å². The molecule has 11 heteroatoms. The highest BCUT2D eigenvalue weighted by Gasteiger charge is 2.27. The summed E-state index contributed by atoms with van der Waals surface area (Å²) in [5.41, 5.74) is 3.65. The van der Waals surface area contributed by atoms with E-state index in [0.717, 1.165) is 58.1 Å². The van der Waals surface area contributed by atoms with E-state index < -0.39 is 10.0 Å². The van der Waals surface area contributed by atoms with Crippen LogP contribution in [0.25, 0.3) is 20.8 Å². The third kappa shape index (κ3) is 6.06. The van der Waals surface area contributed by atoms with E-state index in [0.29, 0.717) is 18.7 Å². The Balaban J connectivity index is 0.00000353. The summed E-state index contributed by atoms with van der Waals surface area (Å²) in [6.07, 6.45) is 2.40. The number of likely N-dealkylation sites (N-methyl/N-ethyl adjacent to an activating group) is 1. The zero-order valence-corrected chi connectivity index (χ0v) is 25.5. The first-order valence-electron chi connectivity index (χ1n) is 12.9. The number of hydrogen-bond acceptors (Lipinski definition) is 7. The number of carbonyl (C=O) groups excluding carboxylic acids is 1.